The Labute approximate surface area is 157 Å². The quantitative estimate of drug-likeness (QED) is 0.673. The molecule has 0 saturated heterocycles. The molecule has 0 spiro atoms. The molecule has 2 aromatic rings. The van der Waals surface area contributed by atoms with Crippen molar-refractivity contribution in [2.24, 2.45) is 5.92 Å². The molecule has 0 radical (unpaired) electrons. The van der Waals surface area contributed by atoms with Crippen LogP contribution in [0.25, 0.3) is 0 Å². The molecule has 5 nitrogen and oxygen atoms in total. The van der Waals surface area contributed by atoms with E-state index in [1.165, 1.54) is 41.5 Å². The van der Waals surface area contributed by atoms with E-state index in [1.54, 1.807) is 0 Å². The molecule has 0 aliphatic heterocycles. The summed E-state index contributed by atoms with van der Waals surface area (Å²) in [4.78, 5) is 14.9. The fourth-order valence-corrected chi connectivity index (χ4v) is 4.48. The number of anilines is 1. The van der Waals surface area contributed by atoms with Gasteiger partial charge in [0.25, 0.3) is 0 Å². The Bertz CT molecular complexity index is 687. The zero-order valence-corrected chi connectivity index (χ0v) is 16.3. The molecule has 1 atom stereocenters. The van der Waals surface area contributed by atoms with Crippen LogP contribution in [0, 0.1) is 5.92 Å². The average Bonchev–Trinajstić information content (AvgIpc) is 3.39. The third kappa shape index (κ3) is 5.19. The predicted molar refractivity (Wildman–Crippen MR) is 104 cm³/mol. The van der Waals surface area contributed by atoms with Crippen LogP contribution >= 0.6 is 23.1 Å². The summed E-state index contributed by atoms with van der Waals surface area (Å²) in [5, 5.41) is 12.2. The van der Waals surface area contributed by atoms with Gasteiger partial charge in [0, 0.05) is 19.1 Å². The molecule has 1 N–H and O–H groups in total. The van der Waals surface area contributed by atoms with E-state index in [4.69, 9.17) is 0 Å². The summed E-state index contributed by atoms with van der Waals surface area (Å²) in [6.45, 7) is 5.70. The molecule has 1 unspecified atom stereocenters. The Kier molecular flexibility index (Phi) is 6.31. The van der Waals surface area contributed by atoms with E-state index in [-0.39, 0.29) is 5.91 Å². The Morgan fingerprint density at radius 1 is 1.36 bits per heavy atom. The lowest BCUT2D eigenvalue weighted by molar-refractivity contribution is -0.131. The van der Waals surface area contributed by atoms with Gasteiger partial charge in [0.05, 0.1) is 5.75 Å². The van der Waals surface area contributed by atoms with Gasteiger partial charge in [0.15, 0.2) is 4.34 Å². The second-order valence-corrected chi connectivity index (χ2v) is 8.48. The Hall–Kier alpha value is -1.60. The van der Waals surface area contributed by atoms with Gasteiger partial charge in [-0.1, -0.05) is 53.4 Å². The number of nitrogens with one attached hydrogen (secondary N) is 1. The number of amides is 1. The van der Waals surface area contributed by atoms with Gasteiger partial charge in [-0.05, 0) is 38.2 Å². The normalized spacial score (nSPS) is 15.0. The van der Waals surface area contributed by atoms with Crippen molar-refractivity contribution >= 4 is 34.1 Å². The summed E-state index contributed by atoms with van der Waals surface area (Å²) < 4.78 is 0.836. The van der Waals surface area contributed by atoms with Gasteiger partial charge >= 0.3 is 0 Å². The first kappa shape index (κ1) is 18.2. The van der Waals surface area contributed by atoms with Gasteiger partial charge in [0.1, 0.15) is 0 Å². The number of thioether (sulfide) groups is 1. The SMILES string of the molecule is CCNc1nnc(SCC(=O)N(Cc2ccccc2)C(C)C2CC2)s1. The first-order valence-corrected chi connectivity index (χ1v) is 10.5. The third-order valence-electron chi connectivity index (χ3n) is 4.37. The topological polar surface area (TPSA) is 58.1 Å². The van der Waals surface area contributed by atoms with E-state index in [2.05, 4.69) is 34.6 Å². The number of rotatable bonds is 9. The van der Waals surface area contributed by atoms with Crippen molar-refractivity contribution in [2.75, 3.05) is 17.6 Å². The lowest BCUT2D eigenvalue weighted by Crippen LogP contribution is -2.40. The zero-order valence-electron chi connectivity index (χ0n) is 14.6. The maximum absolute atomic E-state index is 12.9. The van der Waals surface area contributed by atoms with Crippen LogP contribution in [0.1, 0.15) is 32.3 Å². The first-order chi connectivity index (χ1) is 12.2. The van der Waals surface area contributed by atoms with Crippen molar-refractivity contribution in [2.45, 2.75) is 43.6 Å². The summed E-state index contributed by atoms with van der Waals surface area (Å²) in [6, 6.07) is 10.5. The van der Waals surface area contributed by atoms with Gasteiger partial charge in [-0.3, -0.25) is 4.79 Å². The van der Waals surface area contributed by atoms with E-state index in [1.807, 2.05) is 30.0 Å². The van der Waals surface area contributed by atoms with E-state index in [9.17, 15) is 4.79 Å². The highest BCUT2D eigenvalue weighted by molar-refractivity contribution is 8.01. The minimum absolute atomic E-state index is 0.174. The molecule has 0 bridgehead atoms. The van der Waals surface area contributed by atoms with Crippen molar-refractivity contribution in [1.82, 2.24) is 15.1 Å². The van der Waals surface area contributed by atoms with Crippen LogP contribution in [0.2, 0.25) is 0 Å². The number of hydrogen-bond acceptors (Lipinski definition) is 6. The highest BCUT2D eigenvalue weighted by Crippen LogP contribution is 2.36. The predicted octanol–water partition coefficient (Wildman–Crippen LogP) is 3.89. The van der Waals surface area contributed by atoms with Gasteiger partial charge in [-0.25, -0.2) is 0 Å². The lowest BCUT2D eigenvalue weighted by Gasteiger charge is -2.29. The fraction of sp³-hybridized carbons (Fsp3) is 0.500. The monoisotopic (exact) mass is 376 g/mol. The Balaban J connectivity index is 1.61. The fourth-order valence-electron chi connectivity index (χ4n) is 2.77. The highest BCUT2D eigenvalue weighted by atomic mass is 32.2. The molecule has 1 aliphatic rings. The summed E-state index contributed by atoms with van der Waals surface area (Å²) in [5.41, 5.74) is 1.18. The number of hydrogen-bond donors (Lipinski definition) is 1. The molecular formula is C18H24N4OS2. The van der Waals surface area contributed by atoms with Crippen LogP contribution < -0.4 is 5.32 Å². The largest absolute Gasteiger partial charge is 0.360 e. The second-order valence-electron chi connectivity index (χ2n) is 6.28. The number of aromatic nitrogens is 2. The highest BCUT2D eigenvalue weighted by Gasteiger charge is 2.34. The van der Waals surface area contributed by atoms with E-state index < -0.39 is 0 Å². The molecular weight excluding hydrogens is 352 g/mol. The average molecular weight is 377 g/mol. The molecule has 1 saturated carbocycles. The van der Waals surface area contributed by atoms with Crippen LogP contribution in [0.3, 0.4) is 0 Å². The summed E-state index contributed by atoms with van der Waals surface area (Å²) >= 11 is 2.98. The van der Waals surface area contributed by atoms with Gasteiger partial charge in [0.2, 0.25) is 11.0 Å². The van der Waals surface area contributed by atoms with Crippen molar-refractivity contribution < 1.29 is 4.79 Å². The van der Waals surface area contributed by atoms with Crippen LogP contribution in [-0.2, 0) is 11.3 Å². The number of carbonyl (C=O) groups is 1. The summed E-state index contributed by atoms with van der Waals surface area (Å²) in [6.07, 6.45) is 2.46. The Morgan fingerprint density at radius 3 is 2.80 bits per heavy atom. The molecule has 7 heteroatoms. The molecule has 1 fully saturated rings. The van der Waals surface area contributed by atoms with Gasteiger partial charge < -0.3 is 10.2 Å². The van der Waals surface area contributed by atoms with Crippen molar-refractivity contribution in [3.8, 4) is 0 Å². The molecule has 25 heavy (non-hydrogen) atoms. The molecule has 1 amide bonds. The van der Waals surface area contributed by atoms with Crippen molar-refractivity contribution in [3.05, 3.63) is 35.9 Å². The van der Waals surface area contributed by atoms with Crippen molar-refractivity contribution in [1.29, 1.82) is 0 Å². The zero-order chi connectivity index (χ0) is 17.6. The molecule has 3 rings (SSSR count). The maximum Gasteiger partial charge on any atom is 0.233 e. The lowest BCUT2D eigenvalue weighted by atomic mass is 10.1. The Morgan fingerprint density at radius 2 is 2.12 bits per heavy atom. The van der Waals surface area contributed by atoms with Gasteiger partial charge in [-0.2, -0.15) is 0 Å². The smallest absolute Gasteiger partial charge is 0.233 e. The van der Waals surface area contributed by atoms with Crippen molar-refractivity contribution in [3.63, 3.8) is 0 Å². The summed E-state index contributed by atoms with van der Waals surface area (Å²) in [5.74, 6) is 1.23. The minimum Gasteiger partial charge on any atom is -0.360 e. The van der Waals surface area contributed by atoms with E-state index in [0.29, 0.717) is 24.3 Å². The van der Waals surface area contributed by atoms with Crippen LogP contribution in [0.5, 0.6) is 0 Å². The number of carbonyl (C=O) groups excluding carboxylic acids is 1. The molecule has 1 aromatic heterocycles. The summed E-state index contributed by atoms with van der Waals surface area (Å²) in [7, 11) is 0. The van der Waals surface area contributed by atoms with E-state index >= 15 is 0 Å². The first-order valence-electron chi connectivity index (χ1n) is 8.71. The molecule has 1 aromatic carbocycles. The molecule has 1 heterocycles. The van der Waals surface area contributed by atoms with Gasteiger partial charge in [-0.15, -0.1) is 10.2 Å². The minimum atomic E-state index is 0.174. The van der Waals surface area contributed by atoms with Crippen LogP contribution in [-0.4, -0.2) is 39.3 Å². The molecule has 1 aliphatic carbocycles. The molecule has 134 valence electrons. The second kappa shape index (κ2) is 8.67. The standard InChI is InChI=1S/C18H24N4OS2/c1-3-19-17-20-21-18(25-17)24-12-16(23)22(13(2)15-9-10-15)11-14-7-5-4-6-8-14/h4-8,13,15H,3,9-12H2,1-2H3,(H,19,20). The third-order valence-corrected chi connectivity index (χ3v) is 6.36. The van der Waals surface area contributed by atoms with E-state index in [0.717, 1.165) is 16.0 Å². The number of nitrogens with zero attached hydrogens (tertiary/aromatic N) is 3. The van der Waals surface area contributed by atoms with Crippen LogP contribution in [0.4, 0.5) is 5.13 Å². The maximum atomic E-state index is 12.9. The van der Waals surface area contributed by atoms with Crippen LogP contribution in [0.15, 0.2) is 34.7 Å². The number of benzene rings is 1.